The molecule has 2 fully saturated rings. The molecular formula is C22H29N5O4. The average molecular weight is 428 g/mol. The highest BCUT2D eigenvalue weighted by Crippen LogP contribution is 2.35. The number of anilines is 1. The molecule has 3 N–H and O–H groups in total. The van der Waals surface area contributed by atoms with Crippen molar-refractivity contribution in [1.82, 2.24) is 20.4 Å². The molecule has 166 valence electrons. The van der Waals surface area contributed by atoms with Gasteiger partial charge in [-0.3, -0.25) is 29.4 Å². The summed E-state index contributed by atoms with van der Waals surface area (Å²) in [6.07, 6.45) is 3.31. The topological polar surface area (TPSA) is 111 Å². The van der Waals surface area contributed by atoms with Gasteiger partial charge in [0.05, 0.1) is 11.1 Å². The maximum Gasteiger partial charge on any atom is 0.264 e. The zero-order valence-electron chi connectivity index (χ0n) is 17.9. The summed E-state index contributed by atoms with van der Waals surface area (Å²) in [5.74, 6) is -1.93. The van der Waals surface area contributed by atoms with Crippen LogP contribution in [0.2, 0.25) is 0 Å². The number of nitrogens with zero attached hydrogens (tertiary/aromatic N) is 2. The normalized spacial score (nSPS) is 25.5. The van der Waals surface area contributed by atoms with Gasteiger partial charge in [0, 0.05) is 24.2 Å². The lowest BCUT2D eigenvalue weighted by molar-refractivity contribution is -0.136. The number of imide groups is 2. The Kier molecular flexibility index (Phi) is 6.06. The van der Waals surface area contributed by atoms with Crippen LogP contribution in [0, 0.1) is 0 Å². The fraction of sp³-hybridized carbons (Fsp3) is 0.545. The van der Waals surface area contributed by atoms with Crippen LogP contribution in [0.5, 0.6) is 0 Å². The van der Waals surface area contributed by atoms with E-state index < -0.39 is 23.8 Å². The van der Waals surface area contributed by atoms with Crippen LogP contribution in [-0.2, 0) is 9.59 Å². The zero-order valence-corrected chi connectivity index (χ0v) is 17.9. The molecule has 4 amide bonds. The van der Waals surface area contributed by atoms with E-state index in [1.165, 1.54) is 0 Å². The first-order valence-electron chi connectivity index (χ1n) is 10.9. The van der Waals surface area contributed by atoms with Crippen molar-refractivity contribution in [2.75, 3.05) is 32.5 Å². The molecule has 1 aliphatic carbocycles. The highest BCUT2D eigenvalue weighted by atomic mass is 16.2. The Morgan fingerprint density at radius 1 is 1.16 bits per heavy atom. The minimum absolute atomic E-state index is 0.111. The van der Waals surface area contributed by atoms with Crippen LogP contribution in [-0.4, -0.2) is 78.7 Å². The lowest BCUT2D eigenvalue weighted by Crippen LogP contribution is -2.54. The molecule has 1 aromatic rings. The number of rotatable bonds is 8. The first-order chi connectivity index (χ1) is 14.9. The first kappa shape index (κ1) is 21.5. The summed E-state index contributed by atoms with van der Waals surface area (Å²) in [6.45, 7) is 2.03. The van der Waals surface area contributed by atoms with E-state index in [0.717, 1.165) is 37.3 Å². The van der Waals surface area contributed by atoms with Gasteiger partial charge in [-0.1, -0.05) is 6.07 Å². The molecule has 1 saturated carbocycles. The van der Waals surface area contributed by atoms with Crippen LogP contribution in [0.1, 0.15) is 52.8 Å². The molecule has 2 aliphatic heterocycles. The fourth-order valence-corrected chi connectivity index (χ4v) is 4.61. The summed E-state index contributed by atoms with van der Waals surface area (Å²) >= 11 is 0. The number of hydrogen-bond acceptors (Lipinski definition) is 7. The largest absolute Gasteiger partial charge is 0.382 e. The van der Waals surface area contributed by atoms with Crippen molar-refractivity contribution in [3.05, 3.63) is 29.3 Å². The van der Waals surface area contributed by atoms with E-state index >= 15 is 0 Å². The number of fused-ring (bicyclic) bond motifs is 1. The van der Waals surface area contributed by atoms with Gasteiger partial charge in [-0.05, 0) is 65.0 Å². The van der Waals surface area contributed by atoms with E-state index in [0.29, 0.717) is 22.9 Å². The first-order valence-corrected chi connectivity index (χ1v) is 10.9. The van der Waals surface area contributed by atoms with Crippen molar-refractivity contribution in [3.63, 3.8) is 0 Å². The molecule has 9 heteroatoms. The molecule has 0 radical (unpaired) electrons. The molecule has 1 saturated heterocycles. The molecule has 4 rings (SSSR count). The predicted octanol–water partition coefficient (Wildman–Crippen LogP) is 0.572. The van der Waals surface area contributed by atoms with Crippen molar-refractivity contribution >= 4 is 29.3 Å². The van der Waals surface area contributed by atoms with Crippen molar-refractivity contribution in [2.45, 2.75) is 50.2 Å². The molecule has 0 aromatic heterocycles. The van der Waals surface area contributed by atoms with Crippen molar-refractivity contribution in [2.24, 2.45) is 0 Å². The smallest absolute Gasteiger partial charge is 0.264 e. The summed E-state index contributed by atoms with van der Waals surface area (Å²) in [6, 6.07) is 4.96. The maximum atomic E-state index is 13.1. The standard InChI is InChI=1S/C22H29N5O4/c1-23-9-4-10-26(2)14-11-13(12-14)24-16-6-3-5-15-19(16)22(31)27(21(15)30)17-7-8-18(28)25-20(17)29/h3,5-6,13-14,17,23-24H,4,7-12H2,1-2H3,(H,25,28,29). The maximum absolute atomic E-state index is 13.1. The van der Waals surface area contributed by atoms with E-state index in [4.69, 9.17) is 0 Å². The number of carbonyl (C=O) groups is 4. The Hall–Kier alpha value is -2.78. The summed E-state index contributed by atoms with van der Waals surface area (Å²) < 4.78 is 0. The molecule has 0 spiro atoms. The average Bonchev–Trinajstić information content (AvgIpc) is 2.96. The number of nitrogens with one attached hydrogen (secondary N) is 3. The van der Waals surface area contributed by atoms with Gasteiger partial charge in [0.1, 0.15) is 6.04 Å². The van der Waals surface area contributed by atoms with Crippen LogP contribution >= 0.6 is 0 Å². The van der Waals surface area contributed by atoms with Gasteiger partial charge in [-0.2, -0.15) is 0 Å². The third-order valence-corrected chi connectivity index (χ3v) is 6.50. The van der Waals surface area contributed by atoms with Crippen LogP contribution in [0.15, 0.2) is 18.2 Å². The van der Waals surface area contributed by atoms with Crippen LogP contribution in [0.4, 0.5) is 5.69 Å². The van der Waals surface area contributed by atoms with Gasteiger partial charge in [-0.25, -0.2) is 0 Å². The minimum atomic E-state index is -0.947. The highest BCUT2D eigenvalue weighted by Gasteiger charge is 2.46. The third kappa shape index (κ3) is 4.07. The molecule has 3 aliphatic rings. The lowest BCUT2D eigenvalue weighted by atomic mass is 9.85. The molecule has 2 heterocycles. The molecule has 1 aromatic carbocycles. The number of carbonyl (C=O) groups excluding carboxylic acids is 4. The van der Waals surface area contributed by atoms with Gasteiger partial charge >= 0.3 is 0 Å². The summed E-state index contributed by atoms with van der Waals surface area (Å²) in [5.41, 5.74) is 1.26. The van der Waals surface area contributed by atoms with Gasteiger partial charge in [-0.15, -0.1) is 0 Å². The third-order valence-electron chi connectivity index (χ3n) is 6.50. The molecule has 0 bridgehead atoms. The molecule has 9 nitrogen and oxygen atoms in total. The van der Waals surface area contributed by atoms with Gasteiger partial charge in [0.25, 0.3) is 11.8 Å². The van der Waals surface area contributed by atoms with Crippen molar-refractivity contribution in [3.8, 4) is 0 Å². The van der Waals surface area contributed by atoms with Gasteiger partial charge in [0.15, 0.2) is 0 Å². The molecule has 1 unspecified atom stereocenters. The number of hydrogen-bond donors (Lipinski definition) is 3. The predicted molar refractivity (Wildman–Crippen MR) is 115 cm³/mol. The Bertz CT molecular complexity index is 911. The second kappa shape index (κ2) is 8.76. The van der Waals surface area contributed by atoms with E-state index in [9.17, 15) is 19.2 Å². The van der Waals surface area contributed by atoms with E-state index in [-0.39, 0.29) is 24.8 Å². The molecule has 1 atom stereocenters. The van der Waals surface area contributed by atoms with Crippen LogP contribution < -0.4 is 16.0 Å². The Morgan fingerprint density at radius 3 is 2.65 bits per heavy atom. The summed E-state index contributed by atoms with van der Waals surface area (Å²) in [5, 5.41) is 8.81. The van der Waals surface area contributed by atoms with Crippen molar-refractivity contribution < 1.29 is 19.2 Å². The molecular weight excluding hydrogens is 398 g/mol. The minimum Gasteiger partial charge on any atom is -0.382 e. The van der Waals surface area contributed by atoms with Gasteiger partial charge < -0.3 is 15.5 Å². The van der Waals surface area contributed by atoms with E-state index in [1.54, 1.807) is 12.1 Å². The quantitative estimate of drug-likeness (QED) is 0.411. The highest BCUT2D eigenvalue weighted by molar-refractivity contribution is 6.25. The monoisotopic (exact) mass is 427 g/mol. The van der Waals surface area contributed by atoms with E-state index in [1.807, 2.05) is 13.1 Å². The Balaban J connectivity index is 1.43. The number of piperidine rings is 1. The number of amides is 4. The van der Waals surface area contributed by atoms with Crippen LogP contribution in [0.25, 0.3) is 0 Å². The SMILES string of the molecule is CNCCCN(C)C1CC(Nc2cccc3c2C(=O)N(C2CCC(=O)NC2=O)C3=O)C1. The number of benzene rings is 1. The Morgan fingerprint density at radius 2 is 1.94 bits per heavy atom. The summed E-state index contributed by atoms with van der Waals surface area (Å²) in [7, 11) is 4.09. The van der Waals surface area contributed by atoms with Crippen molar-refractivity contribution in [1.29, 1.82) is 0 Å². The molecule has 31 heavy (non-hydrogen) atoms. The van der Waals surface area contributed by atoms with Crippen LogP contribution in [0.3, 0.4) is 0 Å². The van der Waals surface area contributed by atoms with Gasteiger partial charge in [0.2, 0.25) is 11.8 Å². The summed E-state index contributed by atoms with van der Waals surface area (Å²) in [4.78, 5) is 53.1. The second-order valence-corrected chi connectivity index (χ2v) is 8.58. The lowest BCUT2D eigenvalue weighted by Gasteiger charge is -2.42. The van der Waals surface area contributed by atoms with E-state index in [2.05, 4.69) is 27.9 Å². The second-order valence-electron chi connectivity index (χ2n) is 8.58. The fourth-order valence-electron chi connectivity index (χ4n) is 4.61. The Labute approximate surface area is 181 Å². The zero-order chi connectivity index (χ0) is 22.1.